The lowest BCUT2D eigenvalue weighted by atomic mass is 9.91. The Morgan fingerprint density at radius 2 is 1.90 bits per heavy atom. The Balaban J connectivity index is 1.54. The lowest BCUT2D eigenvalue weighted by molar-refractivity contribution is -0.138. The molecule has 1 aliphatic rings. The summed E-state index contributed by atoms with van der Waals surface area (Å²) in [4.78, 5) is 12.0. The molecule has 1 heterocycles. The first-order valence-corrected chi connectivity index (χ1v) is 10.1. The zero-order valence-corrected chi connectivity index (χ0v) is 16.6. The van der Waals surface area contributed by atoms with E-state index >= 15 is 0 Å². The summed E-state index contributed by atoms with van der Waals surface area (Å²) >= 11 is 0. The summed E-state index contributed by atoms with van der Waals surface area (Å²) in [5.41, 5.74) is 7.92. The van der Waals surface area contributed by atoms with E-state index in [1.165, 1.54) is 0 Å². The van der Waals surface area contributed by atoms with E-state index in [0.29, 0.717) is 12.0 Å². The van der Waals surface area contributed by atoms with Gasteiger partial charge in [0.1, 0.15) is 17.7 Å². The fourth-order valence-electron chi connectivity index (χ4n) is 3.87. The van der Waals surface area contributed by atoms with Gasteiger partial charge in [0, 0.05) is 12.1 Å². The van der Waals surface area contributed by atoms with E-state index in [2.05, 4.69) is 5.32 Å². The van der Waals surface area contributed by atoms with E-state index in [0.717, 1.165) is 47.2 Å². The molecule has 0 amide bonds. The van der Waals surface area contributed by atoms with Crippen LogP contribution in [0, 0.1) is 5.41 Å². The van der Waals surface area contributed by atoms with Crippen molar-refractivity contribution in [2.75, 3.05) is 13.1 Å². The lowest BCUT2D eigenvalue weighted by Gasteiger charge is -2.16. The molecule has 0 radical (unpaired) electrons. The molecular weight excluding hydrogens is 378 g/mol. The number of benzene rings is 3. The van der Waals surface area contributed by atoms with Gasteiger partial charge < -0.3 is 20.9 Å². The molecular formula is C24H25N3O3. The Bertz CT molecular complexity index is 1070. The number of hydrogen-bond acceptors (Lipinski definition) is 4. The second-order valence-electron chi connectivity index (χ2n) is 7.71. The van der Waals surface area contributed by atoms with E-state index in [1.807, 2.05) is 60.7 Å². The maximum atomic E-state index is 12.0. The van der Waals surface area contributed by atoms with Crippen LogP contribution in [0.4, 0.5) is 0 Å². The molecule has 6 nitrogen and oxygen atoms in total. The molecule has 6 heteroatoms. The highest BCUT2D eigenvalue weighted by Crippen LogP contribution is 2.26. The highest BCUT2D eigenvalue weighted by Gasteiger charge is 2.21. The number of carbonyl (C=O) groups is 1. The van der Waals surface area contributed by atoms with E-state index in [-0.39, 0.29) is 11.9 Å². The van der Waals surface area contributed by atoms with Crippen molar-refractivity contribution in [1.29, 1.82) is 5.41 Å². The standard InChI is InChI=1S/C24H25N3O3/c25-23(26)18-4-3-16-2-1-15(11-19(16)13-18)12-22(24(28)29)17-5-7-20(8-6-17)30-21-9-10-27-14-21/h1-8,11,13,21-22,27H,9-10,12,14H2,(H3,25,26)(H,28,29)/t21-,22-/m0/s1. The zero-order chi connectivity index (χ0) is 21.1. The summed E-state index contributed by atoms with van der Waals surface area (Å²) in [6.45, 7) is 1.80. The molecule has 3 aromatic rings. The van der Waals surface area contributed by atoms with Crippen molar-refractivity contribution in [3.63, 3.8) is 0 Å². The fraction of sp³-hybridized carbons (Fsp3) is 0.250. The third-order valence-corrected chi connectivity index (χ3v) is 5.55. The van der Waals surface area contributed by atoms with E-state index in [9.17, 15) is 9.90 Å². The number of rotatable bonds is 7. The average molecular weight is 403 g/mol. The molecule has 2 atom stereocenters. The molecule has 0 aromatic heterocycles. The molecule has 5 N–H and O–H groups in total. The normalized spacial score (nSPS) is 17.0. The fourth-order valence-corrected chi connectivity index (χ4v) is 3.87. The molecule has 3 aromatic carbocycles. The van der Waals surface area contributed by atoms with Crippen LogP contribution in [-0.4, -0.2) is 36.1 Å². The number of fused-ring (bicyclic) bond motifs is 1. The van der Waals surface area contributed by atoms with Crippen LogP contribution in [-0.2, 0) is 11.2 Å². The van der Waals surface area contributed by atoms with Crippen LogP contribution < -0.4 is 15.8 Å². The predicted molar refractivity (Wildman–Crippen MR) is 117 cm³/mol. The Morgan fingerprint density at radius 1 is 1.13 bits per heavy atom. The van der Waals surface area contributed by atoms with E-state index in [4.69, 9.17) is 15.9 Å². The molecule has 30 heavy (non-hydrogen) atoms. The summed E-state index contributed by atoms with van der Waals surface area (Å²) < 4.78 is 5.93. The molecule has 1 aliphatic heterocycles. The Morgan fingerprint density at radius 3 is 2.57 bits per heavy atom. The number of amidine groups is 1. The number of carboxylic acid groups (broad SMARTS) is 1. The quantitative estimate of drug-likeness (QED) is 0.358. The maximum absolute atomic E-state index is 12.0. The second kappa shape index (κ2) is 8.55. The molecule has 0 spiro atoms. The molecule has 4 rings (SSSR count). The third-order valence-electron chi connectivity index (χ3n) is 5.55. The molecule has 0 aliphatic carbocycles. The van der Waals surface area contributed by atoms with Gasteiger partial charge in [0.05, 0.1) is 5.92 Å². The van der Waals surface area contributed by atoms with E-state index < -0.39 is 11.9 Å². The summed E-state index contributed by atoms with van der Waals surface area (Å²) in [7, 11) is 0. The number of nitrogens with one attached hydrogen (secondary N) is 2. The number of aliphatic carboxylic acids is 1. The topological polar surface area (TPSA) is 108 Å². The predicted octanol–water partition coefficient (Wildman–Crippen LogP) is 3.28. The summed E-state index contributed by atoms with van der Waals surface area (Å²) in [5, 5.41) is 22.7. The minimum atomic E-state index is -0.860. The first-order valence-electron chi connectivity index (χ1n) is 10.1. The Kier molecular flexibility index (Phi) is 5.68. The molecule has 1 fully saturated rings. The van der Waals surface area contributed by atoms with Gasteiger partial charge in [0.2, 0.25) is 0 Å². The molecule has 154 valence electrons. The van der Waals surface area contributed by atoms with Gasteiger partial charge in [0.15, 0.2) is 0 Å². The SMILES string of the molecule is N=C(N)c1ccc2ccc(C[C@H](C(=O)O)c3ccc(O[C@H]4CCNC4)cc3)cc2c1. The average Bonchev–Trinajstić information content (AvgIpc) is 3.25. The first-order chi connectivity index (χ1) is 14.5. The highest BCUT2D eigenvalue weighted by molar-refractivity contribution is 5.99. The summed E-state index contributed by atoms with van der Waals surface area (Å²) in [6, 6.07) is 18.9. The number of carboxylic acids is 1. The van der Waals surface area contributed by atoms with Crippen LogP contribution in [0.15, 0.2) is 60.7 Å². The van der Waals surface area contributed by atoms with Gasteiger partial charge in [-0.2, -0.15) is 0 Å². The van der Waals surface area contributed by atoms with Gasteiger partial charge in [-0.05, 0) is 59.5 Å². The van der Waals surface area contributed by atoms with Crippen LogP contribution >= 0.6 is 0 Å². The summed E-state index contributed by atoms with van der Waals surface area (Å²) in [5.74, 6) is -0.734. The third kappa shape index (κ3) is 4.44. The number of ether oxygens (including phenoxy) is 1. The monoisotopic (exact) mass is 403 g/mol. The molecule has 0 unspecified atom stereocenters. The van der Waals surface area contributed by atoms with Crippen molar-refractivity contribution in [2.45, 2.75) is 24.9 Å². The Hall–Kier alpha value is -3.38. The molecule has 1 saturated heterocycles. The maximum Gasteiger partial charge on any atom is 0.311 e. The number of nitrogens with two attached hydrogens (primary N) is 1. The van der Waals surface area contributed by atoms with Gasteiger partial charge in [-0.3, -0.25) is 10.2 Å². The minimum absolute atomic E-state index is 0.0152. The largest absolute Gasteiger partial charge is 0.489 e. The van der Waals surface area contributed by atoms with Crippen molar-refractivity contribution in [2.24, 2.45) is 5.73 Å². The van der Waals surface area contributed by atoms with Gasteiger partial charge >= 0.3 is 5.97 Å². The zero-order valence-electron chi connectivity index (χ0n) is 16.6. The van der Waals surface area contributed by atoms with E-state index in [1.54, 1.807) is 0 Å². The summed E-state index contributed by atoms with van der Waals surface area (Å²) in [6.07, 6.45) is 1.53. The van der Waals surface area contributed by atoms with Crippen molar-refractivity contribution in [3.05, 3.63) is 77.4 Å². The van der Waals surface area contributed by atoms with Crippen LogP contribution in [0.2, 0.25) is 0 Å². The van der Waals surface area contributed by atoms with Crippen molar-refractivity contribution in [1.82, 2.24) is 5.32 Å². The van der Waals surface area contributed by atoms with Gasteiger partial charge in [-0.15, -0.1) is 0 Å². The number of nitrogen functional groups attached to an aromatic ring is 1. The minimum Gasteiger partial charge on any atom is -0.489 e. The van der Waals surface area contributed by atoms with Gasteiger partial charge in [-0.25, -0.2) is 0 Å². The second-order valence-corrected chi connectivity index (χ2v) is 7.71. The molecule has 0 bridgehead atoms. The van der Waals surface area contributed by atoms with Gasteiger partial charge in [0.25, 0.3) is 0 Å². The van der Waals surface area contributed by atoms with Crippen LogP contribution in [0.1, 0.15) is 29.0 Å². The number of hydrogen-bond donors (Lipinski definition) is 4. The first kappa shape index (κ1) is 19.9. The van der Waals surface area contributed by atoms with Crippen molar-refractivity contribution in [3.8, 4) is 5.75 Å². The van der Waals surface area contributed by atoms with Crippen molar-refractivity contribution >= 4 is 22.6 Å². The lowest BCUT2D eigenvalue weighted by Crippen LogP contribution is -2.19. The Labute approximate surface area is 175 Å². The van der Waals surface area contributed by atoms with Gasteiger partial charge in [-0.1, -0.05) is 42.5 Å². The van der Waals surface area contributed by atoms with Crippen LogP contribution in [0.3, 0.4) is 0 Å². The van der Waals surface area contributed by atoms with Crippen LogP contribution in [0.25, 0.3) is 10.8 Å². The highest BCUT2D eigenvalue weighted by atomic mass is 16.5. The van der Waals surface area contributed by atoms with Crippen molar-refractivity contribution < 1.29 is 14.6 Å². The van der Waals surface area contributed by atoms with Crippen LogP contribution in [0.5, 0.6) is 5.75 Å². The molecule has 0 saturated carbocycles. The smallest absolute Gasteiger partial charge is 0.311 e.